The van der Waals surface area contributed by atoms with Crippen LogP contribution in [0.15, 0.2) is 18.2 Å². The SMILES string of the molecule is CC(C)C(C)(C)CNc1ccc(C(=O)O)c(F)c1. The number of carboxylic acid groups (broad SMARTS) is 1. The number of anilines is 1. The number of hydrogen-bond donors (Lipinski definition) is 2. The lowest BCUT2D eigenvalue weighted by Gasteiger charge is -2.29. The van der Waals surface area contributed by atoms with Gasteiger partial charge in [-0.05, 0) is 29.5 Å². The average Bonchev–Trinajstić information content (AvgIpc) is 2.25. The van der Waals surface area contributed by atoms with Gasteiger partial charge in [-0.15, -0.1) is 0 Å². The van der Waals surface area contributed by atoms with E-state index in [9.17, 15) is 9.18 Å². The highest BCUT2D eigenvalue weighted by Gasteiger charge is 2.22. The van der Waals surface area contributed by atoms with Crippen molar-refractivity contribution in [2.45, 2.75) is 27.7 Å². The van der Waals surface area contributed by atoms with Crippen molar-refractivity contribution in [2.24, 2.45) is 11.3 Å². The predicted octanol–water partition coefficient (Wildman–Crippen LogP) is 3.62. The second-order valence-electron chi connectivity index (χ2n) is 5.50. The molecule has 0 aromatic heterocycles. The first-order valence-electron chi connectivity index (χ1n) is 6.01. The predicted molar refractivity (Wildman–Crippen MR) is 70.5 cm³/mol. The zero-order valence-corrected chi connectivity index (χ0v) is 11.2. The third kappa shape index (κ3) is 3.45. The fourth-order valence-electron chi connectivity index (χ4n) is 1.33. The molecule has 18 heavy (non-hydrogen) atoms. The maximum atomic E-state index is 13.5. The Labute approximate surface area is 107 Å². The Morgan fingerprint density at radius 1 is 1.44 bits per heavy atom. The van der Waals surface area contributed by atoms with Gasteiger partial charge >= 0.3 is 5.97 Å². The largest absolute Gasteiger partial charge is 0.478 e. The van der Waals surface area contributed by atoms with Crippen LogP contribution in [0.5, 0.6) is 0 Å². The van der Waals surface area contributed by atoms with Crippen LogP contribution in [0.25, 0.3) is 0 Å². The zero-order valence-electron chi connectivity index (χ0n) is 11.2. The van der Waals surface area contributed by atoms with E-state index >= 15 is 0 Å². The quantitative estimate of drug-likeness (QED) is 0.842. The Morgan fingerprint density at radius 2 is 2.06 bits per heavy atom. The second kappa shape index (κ2) is 5.38. The van der Waals surface area contributed by atoms with Crippen molar-refractivity contribution in [1.29, 1.82) is 0 Å². The van der Waals surface area contributed by atoms with Gasteiger partial charge in [-0.3, -0.25) is 0 Å². The molecule has 0 atom stereocenters. The van der Waals surface area contributed by atoms with Crippen molar-refractivity contribution in [3.05, 3.63) is 29.6 Å². The Balaban J connectivity index is 2.76. The first-order chi connectivity index (χ1) is 8.24. The van der Waals surface area contributed by atoms with E-state index in [0.717, 1.165) is 0 Å². The van der Waals surface area contributed by atoms with E-state index in [1.807, 2.05) is 0 Å². The highest BCUT2D eigenvalue weighted by atomic mass is 19.1. The van der Waals surface area contributed by atoms with Gasteiger partial charge in [0.25, 0.3) is 0 Å². The van der Waals surface area contributed by atoms with Gasteiger partial charge in [0.15, 0.2) is 0 Å². The highest BCUT2D eigenvalue weighted by Crippen LogP contribution is 2.26. The lowest BCUT2D eigenvalue weighted by Crippen LogP contribution is -2.28. The molecule has 0 amide bonds. The van der Waals surface area contributed by atoms with Gasteiger partial charge in [0.2, 0.25) is 0 Å². The molecular formula is C14H20FNO2. The Hall–Kier alpha value is -1.58. The molecule has 0 unspecified atom stereocenters. The smallest absolute Gasteiger partial charge is 0.338 e. The van der Waals surface area contributed by atoms with Crippen LogP contribution in [0.4, 0.5) is 10.1 Å². The normalized spacial score (nSPS) is 11.7. The molecule has 0 saturated carbocycles. The first kappa shape index (κ1) is 14.5. The molecule has 4 heteroatoms. The molecule has 1 rings (SSSR count). The topological polar surface area (TPSA) is 49.3 Å². The van der Waals surface area contributed by atoms with Gasteiger partial charge in [-0.25, -0.2) is 9.18 Å². The number of hydrogen-bond acceptors (Lipinski definition) is 2. The average molecular weight is 253 g/mol. The number of nitrogens with one attached hydrogen (secondary N) is 1. The van der Waals surface area contributed by atoms with Crippen molar-refractivity contribution in [2.75, 3.05) is 11.9 Å². The Kier molecular flexibility index (Phi) is 4.33. The van der Waals surface area contributed by atoms with E-state index in [-0.39, 0.29) is 11.0 Å². The maximum Gasteiger partial charge on any atom is 0.338 e. The lowest BCUT2D eigenvalue weighted by atomic mass is 9.81. The number of benzene rings is 1. The molecule has 0 bridgehead atoms. The maximum absolute atomic E-state index is 13.5. The van der Waals surface area contributed by atoms with E-state index in [2.05, 4.69) is 33.0 Å². The molecule has 0 spiro atoms. The van der Waals surface area contributed by atoms with E-state index in [0.29, 0.717) is 18.2 Å². The van der Waals surface area contributed by atoms with Gasteiger partial charge in [0.1, 0.15) is 5.82 Å². The van der Waals surface area contributed by atoms with Crippen LogP contribution in [0.3, 0.4) is 0 Å². The van der Waals surface area contributed by atoms with E-state index in [4.69, 9.17) is 5.11 Å². The van der Waals surface area contributed by atoms with Gasteiger partial charge < -0.3 is 10.4 Å². The minimum absolute atomic E-state index is 0.0853. The number of carbonyl (C=O) groups is 1. The number of halogens is 1. The summed E-state index contributed by atoms with van der Waals surface area (Å²) in [7, 11) is 0. The minimum atomic E-state index is -1.25. The lowest BCUT2D eigenvalue weighted by molar-refractivity contribution is 0.0692. The van der Waals surface area contributed by atoms with Crippen molar-refractivity contribution in [1.82, 2.24) is 0 Å². The first-order valence-corrected chi connectivity index (χ1v) is 6.01. The molecule has 0 fully saturated rings. The third-order valence-corrected chi connectivity index (χ3v) is 3.51. The van der Waals surface area contributed by atoms with Gasteiger partial charge in [0.05, 0.1) is 5.56 Å². The summed E-state index contributed by atoms with van der Waals surface area (Å²) in [6.07, 6.45) is 0. The summed E-state index contributed by atoms with van der Waals surface area (Å²) in [6.45, 7) is 9.24. The van der Waals surface area contributed by atoms with Crippen LogP contribution in [-0.4, -0.2) is 17.6 Å². The summed E-state index contributed by atoms with van der Waals surface area (Å²) >= 11 is 0. The van der Waals surface area contributed by atoms with Crippen LogP contribution >= 0.6 is 0 Å². The number of aromatic carboxylic acids is 1. The van der Waals surface area contributed by atoms with Gasteiger partial charge in [0, 0.05) is 12.2 Å². The molecule has 0 aliphatic heterocycles. The van der Waals surface area contributed by atoms with Gasteiger partial charge in [-0.1, -0.05) is 27.7 Å². The van der Waals surface area contributed by atoms with Crippen LogP contribution in [-0.2, 0) is 0 Å². The fourth-order valence-corrected chi connectivity index (χ4v) is 1.33. The highest BCUT2D eigenvalue weighted by molar-refractivity contribution is 5.88. The van der Waals surface area contributed by atoms with Crippen LogP contribution in [0, 0.1) is 17.2 Å². The molecule has 1 aromatic carbocycles. The van der Waals surface area contributed by atoms with Crippen molar-refractivity contribution >= 4 is 11.7 Å². The van der Waals surface area contributed by atoms with E-state index in [1.165, 1.54) is 12.1 Å². The zero-order chi connectivity index (χ0) is 13.9. The summed E-state index contributed by atoms with van der Waals surface area (Å²) in [5, 5.41) is 11.9. The molecule has 2 N–H and O–H groups in total. The molecule has 0 saturated heterocycles. The molecule has 0 aliphatic carbocycles. The Morgan fingerprint density at radius 3 is 2.50 bits per heavy atom. The molecule has 3 nitrogen and oxygen atoms in total. The Bertz CT molecular complexity index is 441. The molecule has 1 aromatic rings. The number of rotatable bonds is 5. The summed E-state index contributed by atoms with van der Waals surface area (Å²) in [5.41, 5.74) is 0.386. The fraction of sp³-hybridized carbons (Fsp3) is 0.500. The van der Waals surface area contributed by atoms with Crippen LogP contribution in [0.1, 0.15) is 38.1 Å². The molecule has 0 radical (unpaired) electrons. The molecule has 0 aliphatic rings. The second-order valence-corrected chi connectivity index (χ2v) is 5.50. The number of carboxylic acids is 1. The standard InChI is InChI=1S/C14H20FNO2/c1-9(2)14(3,4)8-16-10-5-6-11(13(17)18)12(15)7-10/h5-7,9,16H,8H2,1-4H3,(H,17,18). The van der Waals surface area contributed by atoms with Crippen LogP contribution < -0.4 is 5.32 Å². The monoisotopic (exact) mass is 253 g/mol. The summed E-state index contributed by atoms with van der Waals surface area (Å²) in [5.74, 6) is -1.47. The third-order valence-electron chi connectivity index (χ3n) is 3.51. The minimum Gasteiger partial charge on any atom is -0.478 e. The summed E-state index contributed by atoms with van der Waals surface area (Å²) in [6, 6.07) is 4.09. The molecule has 100 valence electrons. The van der Waals surface area contributed by atoms with Crippen molar-refractivity contribution in [3.8, 4) is 0 Å². The molecule has 0 heterocycles. The molecular weight excluding hydrogens is 233 g/mol. The van der Waals surface area contributed by atoms with Crippen LogP contribution in [0.2, 0.25) is 0 Å². The van der Waals surface area contributed by atoms with Crippen molar-refractivity contribution < 1.29 is 14.3 Å². The van der Waals surface area contributed by atoms with E-state index in [1.54, 1.807) is 6.07 Å². The summed E-state index contributed by atoms with van der Waals surface area (Å²) in [4.78, 5) is 10.7. The van der Waals surface area contributed by atoms with Crippen molar-refractivity contribution in [3.63, 3.8) is 0 Å². The summed E-state index contributed by atoms with van der Waals surface area (Å²) < 4.78 is 13.5. The van der Waals surface area contributed by atoms with E-state index < -0.39 is 11.8 Å². The van der Waals surface area contributed by atoms with Gasteiger partial charge in [-0.2, -0.15) is 0 Å².